The molecule has 0 saturated heterocycles. The summed E-state index contributed by atoms with van der Waals surface area (Å²) in [5.41, 5.74) is 0.634. The van der Waals surface area contributed by atoms with E-state index in [1.165, 1.54) is 29.0 Å². The number of carbonyl (C=O) groups excluding carboxylic acids is 1. The van der Waals surface area contributed by atoms with Crippen molar-refractivity contribution in [2.75, 3.05) is 10.6 Å². The monoisotopic (exact) mass is 423 g/mol. The third-order valence-corrected chi connectivity index (χ3v) is 4.52. The summed E-state index contributed by atoms with van der Waals surface area (Å²) in [4.78, 5) is 24.2. The molecule has 0 unspecified atom stereocenters. The Balaban J connectivity index is 1.76. The topological polar surface area (TPSA) is 63.1 Å². The summed E-state index contributed by atoms with van der Waals surface area (Å²) in [6.07, 6.45) is 1.42. The van der Waals surface area contributed by atoms with Gasteiger partial charge in [-0.3, -0.25) is 4.79 Å². The number of nitrogens with zero attached hydrogens (tertiary/aromatic N) is 1. The van der Waals surface area contributed by atoms with Crippen molar-refractivity contribution in [3.05, 3.63) is 92.3 Å². The number of amides is 2. The highest BCUT2D eigenvalue weighted by Crippen LogP contribution is 2.25. The van der Waals surface area contributed by atoms with Gasteiger partial charge in [0.15, 0.2) is 11.6 Å². The smallest absolute Gasteiger partial charge is 0.309 e. The number of rotatable bonds is 4. The number of hydrogen-bond donors (Lipinski definition) is 2. The van der Waals surface area contributed by atoms with Crippen molar-refractivity contribution in [1.29, 1.82) is 0 Å². The van der Waals surface area contributed by atoms with Gasteiger partial charge in [-0.05, 0) is 30.3 Å². The zero-order chi connectivity index (χ0) is 20.3. The van der Waals surface area contributed by atoms with Crippen molar-refractivity contribution in [3.8, 4) is 0 Å². The van der Waals surface area contributed by atoms with E-state index in [4.69, 9.17) is 23.2 Å². The number of pyridine rings is 1. The summed E-state index contributed by atoms with van der Waals surface area (Å²) in [5.74, 6) is -2.10. The van der Waals surface area contributed by atoms with E-state index in [1.54, 1.807) is 18.2 Å². The molecule has 28 heavy (non-hydrogen) atoms. The molecule has 0 radical (unpaired) electrons. The van der Waals surface area contributed by atoms with Crippen LogP contribution in [0, 0.1) is 11.6 Å². The molecule has 2 N–H and O–H groups in total. The van der Waals surface area contributed by atoms with Crippen molar-refractivity contribution in [3.63, 3.8) is 0 Å². The molecule has 9 heteroatoms. The number of benzene rings is 2. The van der Waals surface area contributed by atoms with Crippen LogP contribution >= 0.6 is 23.2 Å². The minimum atomic E-state index is -1.08. The molecule has 2 aromatic carbocycles. The SMILES string of the molecule is O=C(Nc1ccc(F)c(F)c1)Nc1ccc(=O)n(Cc2c(Cl)cccc2Cl)c1. The van der Waals surface area contributed by atoms with Gasteiger partial charge in [0, 0.05) is 39.6 Å². The Hall–Kier alpha value is -2.90. The van der Waals surface area contributed by atoms with Gasteiger partial charge in [-0.2, -0.15) is 0 Å². The van der Waals surface area contributed by atoms with Crippen LogP contribution in [0.25, 0.3) is 0 Å². The zero-order valence-corrected chi connectivity index (χ0v) is 15.7. The van der Waals surface area contributed by atoms with Crippen molar-refractivity contribution in [2.45, 2.75) is 6.54 Å². The average molecular weight is 424 g/mol. The molecule has 0 aliphatic rings. The van der Waals surface area contributed by atoms with Gasteiger partial charge >= 0.3 is 6.03 Å². The first kappa shape index (κ1) is 19.9. The quantitative estimate of drug-likeness (QED) is 0.611. The standard InChI is InChI=1S/C19H13Cl2F2N3O2/c20-14-2-1-3-15(21)13(14)10-26-9-12(5-7-18(26)27)25-19(28)24-11-4-6-16(22)17(23)8-11/h1-9H,10H2,(H2,24,25,28). The summed E-state index contributed by atoms with van der Waals surface area (Å²) >= 11 is 12.3. The molecule has 0 aliphatic carbocycles. The lowest BCUT2D eigenvalue weighted by Gasteiger charge is -2.12. The Morgan fingerprint density at radius 1 is 0.929 bits per heavy atom. The summed E-state index contributed by atoms with van der Waals surface area (Å²) in [6, 6.07) is 9.99. The highest BCUT2D eigenvalue weighted by Gasteiger charge is 2.10. The molecule has 3 aromatic rings. The van der Waals surface area contributed by atoms with Crippen molar-refractivity contribution < 1.29 is 13.6 Å². The Kier molecular flexibility index (Phi) is 5.96. The van der Waals surface area contributed by atoms with E-state index in [0.717, 1.165) is 12.1 Å². The fraction of sp³-hybridized carbons (Fsp3) is 0.0526. The predicted octanol–water partition coefficient (Wildman–Crippen LogP) is 5.13. The number of aromatic nitrogens is 1. The molecule has 1 heterocycles. The molecule has 0 atom stereocenters. The van der Waals surface area contributed by atoms with Gasteiger partial charge in [-0.25, -0.2) is 13.6 Å². The third kappa shape index (κ3) is 4.68. The van der Waals surface area contributed by atoms with E-state index in [0.29, 0.717) is 21.3 Å². The van der Waals surface area contributed by atoms with Crippen LogP contribution in [0.3, 0.4) is 0 Å². The van der Waals surface area contributed by atoms with Crippen LogP contribution in [-0.4, -0.2) is 10.6 Å². The predicted molar refractivity (Wildman–Crippen MR) is 105 cm³/mol. The highest BCUT2D eigenvalue weighted by molar-refractivity contribution is 6.35. The maximum absolute atomic E-state index is 13.2. The number of halogens is 4. The van der Waals surface area contributed by atoms with Crippen LogP contribution in [0.2, 0.25) is 10.0 Å². The number of urea groups is 1. The van der Waals surface area contributed by atoms with Crippen LogP contribution in [0.4, 0.5) is 25.0 Å². The molecule has 0 aliphatic heterocycles. The van der Waals surface area contributed by atoms with Gasteiger partial charge in [0.05, 0.1) is 12.2 Å². The Morgan fingerprint density at radius 2 is 1.57 bits per heavy atom. The maximum Gasteiger partial charge on any atom is 0.323 e. The highest BCUT2D eigenvalue weighted by atomic mass is 35.5. The second-order valence-electron chi connectivity index (χ2n) is 5.79. The third-order valence-electron chi connectivity index (χ3n) is 3.81. The van der Waals surface area contributed by atoms with Crippen molar-refractivity contribution in [1.82, 2.24) is 4.57 Å². The minimum Gasteiger partial charge on any atom is -0.309 e. The normalized spacial score (nSPS) is 10.6. The minimum absolute atomic E-state index is 0.0765. The van der Waals surface area contributed by atoms with Crippen LogP contribution < -0.4 is 16.2 Å². The molecule has 0 fully saturated rings. The second kappa shape index (κ2) is 8.41. The first-order chi connectivity index (χ1) is 13.3. The summed E-state index contributed by atoms with van der Waals surface area (Å²) in [7, 11) is 0. The van der Waals surface area contributed by atoms with E-state index in [-0.39, 0.29) is 17.8 Å². The van der Waals surface area contributed by atoms with Crippen LogP contribution in [0.15, 0.2) is 59.5 Å². The zero-order valence-electron chi connectivity index (χ0n) is 14.2. The molecule has 0 spiro atoms. The van der Waals surface area contributed by atoms with Crippen LogP contribution in [0.5, 0.6) is 0 Å². The molecular weight excluding hydrogens is 411 g/mol. The van der Waals surface area contributed by atoms with E-state index < -0.39 is 17.7 Å². The van der Waals surface area contributed by atoms with Crippen molar-refractivity contribution >= 4 is 40.6 Å². The molecule has 144 valence electrons. The lowest BCUT2D eigenvalue weighted by molar-refractivity contribution is 0.262. The first-order valence-corrected chi connectivity index (χ1v) is 8.75. The van der Waals surface area contributed by atoms with E-state index in [1.807, 2.05) is 0 Å². The van der Waals surface area contributed by atoms with Gasteiger partial charge < -0.3 is 15.2 Å². The average Bonchev–Trinajstić information content (AvgIpc) is 2.64. The number of nitrogens with one attached hydrogen (secondary N) is 2. The van der Waals surface area contributed by atoms with Crippen LogP contribution in [0.1, 0.15) is 5.56 Å². The Bertz CT molecular complexity index is 1080. The first-order valence-electron chi connectivity index (χ1n) is 8.00. The van der Waals surface area contributed by atoms with E-state index >= 15 is 0 Å². The second-order valence-corrected chi connectivity index (χ2v) is 6.61. The fourth-order valence-corrected chi connectivity index (χ4v) is 2.97. The molecular formula is C19H13Cl2F2N3O2. The van der Waals surface area contributed by atoms with Crippen LogP contribution in [-0.2, 0) is 6.54 Å². The van der Waals surface area contributed by atoms with E-state index in [9.17, 15) is 18.4 Å². The number of anilines is 2. The number of carbonyl (C=O) groups is 1. The maximum atomic E-state index is 13.2. The molecule has 0 saturated carbocycles. The van der Waals surface area contributed by atoms with Gasteiger partial charge in [-0.15, -0.1) is 0 Å². The summed E-state index contributed by atoms with van der Waals surface area (Å²) < 4.78 is 27.5. The van der Waals surface area contributed by atoms with E-state index in [2.05, 4.69) is 10.6 Å². The largest absolute Gasteiger partial charge is 0.323 e. The molecule has 5 nitrogen and oxygen atoms in total. The molecule has 3 rings (SSSR count). The lowest BCUT2D eigenvalue weighted by atomic mass is 10.2. The Morgan fingerprint density at radius 3 is 2.25 bits per heavy atom. The van der Waals surface area contributed by atoms with Gasteiger partial charge in [0.1, 0.15) is 0 Å². The van der Waals surface area contributed by atoms with Gasteiger partial charge in [0.25, 0.3) is 5.56 Å². The lowest BCUT2D eigenvalue weighted by Crippen LogP contribution is -2.23. The fourth-order valence-electron chi connectivity index (χ4n) is 2.45. The van der Waals surface area contributed by atoms with Gasteiger partial charge in [0.2, 0.25) is 0 Å². The molecule has 0 bridgehead atoms. The summed E-state index contributed by atoms with van der Waals surface area (Å²) in [6.45, 7) is 0.109. The molecule has 2 amide bonds. The molecule has 1 aromatic heterocycles. The van der Waals surface area contributed by atoms with Gasteiger partial charge in [-0.1, -0.05) is 29.3 Å². The Labute approximate surface area is 168 Å². The van der Waals surface area contributed by atoms with Crippen molar-refractivity contribution in [2.24, 2.45) is 0 Å². The number of hydrogen-bond acceptors (Lipinski definition) is 2. The summed E-state index contributed by atoms with van der Waals surface area (Å²) in [5, 5.41) is 5.71.